The molecular weight excluding hydrogens is 462 g/mol. The van der Waals surface area contributed by atoms with Gasteiger partial charge in [0.25, 0.3) is 11.8 Å². The maximum absolute atomic E-state index is 13.0. The Bertz CT molecular complexity index is 1150. The molecular formula is C20H15BrF2N4O3. The molecule has 1 aliphatic rings. The van der Waals surface area contributed by atoms with Crippen molar-refractivity contribution in [2.75, 3.05) is 0 Å². The zero-order valence-corrected chi connectivity index (χ0v) is 17.5. The largest absolute Gasteiger partial charge is 0.415 e. The summed E-state index contributed by atoms with van der Waals surface area (Å²) in [6.45, 7) is 3.51. The highest BCUT2D eigenvalue weighted by molar-refractivity contribution is 9.10. The van der Waals surface area contributed by atoms with Crippen LogP contribution in [-0.4, -0.2) is 31.9 Å². The summed E-state index contributed by atoms with van der Waals surface area (Å²) in [6.07, 6.45) is -1.49. The van der Waals surface area contributed by atoms with E-state index in [9.17, 15) is 18.4 Å². The Kier molecular flexibility index (Phi) is 4.97. The van der Waals surface area contributed by atoms with E-state index >= 15 is 0 Å². The van der Waals surface area contributed by atoms with E-state index in [2.05, 4.69) is 31.1 Å². The molecule has 3 aromatic rings. The molecule has 0 radical (unpaired) electrons. The minimum atomic E-state index is -2.86. The van der Waals surface area contributed by atoms with E-state index in [1.165, 1.54) is 6.20 Å². The van der Waals surface area contributed by atoms with Crippen molar-refractivity contribution in [2.45, 2.75) is 32.2 Å². The normalized spacial score (nSPS) is 15.6. The number of hydrogen-bond donors (Lipinski definition) is 0. The van der Waals surface area contributed by atoms with Crippen LogP contribution in [0.1, 0.15) is 47.8 Å². The molecule has 154 valence electrons. The number of rotatable bonds is 4. The van der Waals surface area contributed by atoms with Crippen molar-refractivity contribution in [1.82, 2.24) is 20.1 Å². The first-order valence-electron chi connectivity index (χ1n) is 8.92. The molecule has 0 aliphatic carbocycles. The molecule has 1 aromatic carbocycles. The fraction of sp³-hybridized carbons (Fsp3) is 0.250. The lowest BCUT2D eigenvalue weighted by Crippen LogP contribution is -2.51. The van der Waals surface area contributed by atoms with Crippen LogP contribution in [0, 0.1) is 0 Å². The second kappa shape index (κ2) is 7.35. The highest BCUT2D eigenvalue weighted by Crippen LogP contribution is 2.38. The molecule has 3 heterocycles. The first-order valence-corrected chi connectivity index (χ1v) is 9.71. The standard InChI is InChI=1S/C20H15BrF2N4O3/c1-20(2)12-4-3-5-13(21)14(12)18(28)27(19(20)29)9-11-7-6-10(8-24-11)16-25-26-17(30-16)15(22)23/h3-8,15H,9H2,1-2H3. The van der Waals surface area contributed by atoms with Crippen molar-refractivity contribution in [3.8, 4) is 11.5 Å². The molecule has 0 bridgehead atoms. The Hall–Kier alpha value is -3.01. The molecule has 7 nitrogen and oxygen atoms in total. The van der Waals surface area contributed by atoms with Gasteiger partial charge in [-0.05, 0) is 53.5 Å². The van der Waals surface area contributed by atoms with Gasteiger partial charge in [-0.3, -0.25) is 19.5 Å². The second-order valence-electron chi connectivity index (χ2n) is 7.27. The first kappa shape index (κ1) is 20.3. The smallest absolute Gasteiger partial charge is 0.314 e. The zero-order chi connectivity index (χ0) is 21.6. The predicted octanol–water partition coefficient (Wildman–Crippen LogP) is 4.29. The Balaban J connectivity index is 1.62. The van der Waals surface area contributed by atoms with Gasteiger partial charge in [0, 0.05) is 10.7 Å². The number of carbonyl (C=O) groups excluding carboxylic acids is 2. The molecule has 30 heavy (non-hydrogen) atoms. The molecule has 2 aromatic heterocycles. The van der Waals surface area contributed by atoms with Crippen molar-refractivity contribution in [2.24, 2.45) is 0 Å². The Morgan fingerprint density at radius 1 is 1.17 bits per heavy atom. The first-order chi connectivity index (χ1) is 14.2. The highest BCUT2D eigenvalue weighted by atomic mass is 79.9. The molecule has 0 spiro atoms. The van der Waals surface area contributed by atoms with Crippen LogP contribution in [0.4, 0.5) is 8.78 Å². The quantitative estimate of drug-likeness (QED) is 0.521. The van der Waals surface area contributed by atoms with Gasteiger partial charge in [0.05, 0.1) is 28.8 Å². The minimum absolute atomic E-state index is 0.0335. The number of fused-ring (bicyclic) bond motifs is 1. The number of imide groups is 1. The van der Waals surface area contributed by atoms with Gasteiger partial charge in [-0.15, -0.1) is 10.2 Å². The number of benzene rings is 1. The van der Waals surface area contributed by atoms with Gasteiger partial charge in [-0.25, -0.2) is 0 Å². The van der Waals surface area contributed by atoms with E-state index in [1.807, 2.05) is 0 Å². The van der Waals surface area contributed by atoms with Crippen molar-refractivity contribution in [3.63, 3.8) is 0 Å². The fourth-order valence-corrected chi connectivity index (χ4v) is 3.87. The summed E-state index contributed by atoms with van der Waals surface area (Å²) in [4.78, 5) is 31.5. The molecule has 0 atom stereocenters. The van der Waals surface area contributed by atoms with Crippen LogP contribution in [0.25, 0.3) is 11.5 Å². The monoisotopic (exact) mass is 476 g/mol. The molecule has 0 unspecified atom stereocenters. The van der Waals surface area contributed by atoms with Gasteiger partial charge < -0.3 is 4.42 Å². The Morgan fingerprint density at radius 3 is 2.57 bits per heavy atom. The number of halogens is 3. The predicted molar refractivity (Wildman–Crippen MR) is 105 cm³/mol. The molecule has 0 fully saturated rings. The maximum Gasteiger partial charge on any atom is 0.314 e. The van der Waals surface area contributed by atoms with Gasteiger partial charge in [-0.2, -0.15) is 8.78 Å². The number of carbonyl (C=O) groups is 2. The fourth-order valence-electron chi connectivity index (χ4n) is 3.33. The van der Waals surface area contributed by atoms with Gasteiger partial charge in [0.15, 0.2) is 0 Å². The van der Waals surface area contributed by atoms with Gasteiger partial charge >= 0.3 is 6.43 Å². The molecule has 0 saturated carbocycles. The van der Waals surface area contributed by atoms with Crippen LogP contribution in [-0.2, 0) is 16.8 Å². The van der Waals surface area contributed by atoms with Crippen molar-refractivity contribution in [3.05, 3.63) is 63.7 Å². The lowest BCUT2D eigenvalue weighted by Gasteiger charge is -2.37. The zero-order valence-electron chi connectivity index (χ0n) is 15.9. The number of nitrogens with zero attached hydrogens (tertiary/aromatic N) is 4. The lowest BCUT2D eigenvalue weighted by atomic mass is 9.77. The van der Waals surface area contributed by atoms with Crippen LogP contribution < -0.4 is 0 Å². The van der Waals surface area contributed by atoms with E-state index in [0.29, 0.717) is 26.9 Å². The average molecular weight is 477 g/mol. The third-order valence-electron chi connectivity index (χ3n) is 4.94. The van der Waals surface area contributed by atoms with E-state index in [0.717, 1.165) is 4.90 Å². The average Bonchev–Trinajstić information content (AvgIpc) is 3.21. The topological polar surface area (TPSA) is 89.2 Å². The Morgan fingerprint density at radius 2 is 1.93 bits per heavy atom. The number of alkyl halides is 2. The van der Waals surface area contributed by atoms with Gasteiger partial charge in [-0.1, -0.05) is 12.1 Å². The van der Waals surface area contributed by atoms with Crippen molar-refractivity contribution < 1.29 is 22.8 Å². The molecule has 2 amide bonds. The lowest BCUT2D eigenvalue weighted by molar-refractivity contribution is -0.134. The summed E-state index contributed by atoms with van der Waals surface area (Å²) in [5, 5.41) is 6.85. The number of hydrogen-bond acceptors (Lipinski definition) is 6. The van der Waals surface area contributed by atoms with Gasteiger partial charge in [0.2, 0.25) is 11.8 Å². The number of amides is 2. The van der Waals surface area contributed by atoms with E-state index < -0.39 is 23.6 Å². The molecule has 4 rings (SSSR count). The van der Waals surface area contributed by atoms with Gasteiger partial charge in [0.1, 0.15) is 0 Å². The summed E-state index contributed by atoms with van der Waals surface area (Å²) >= 11 is 3.40. The summed E-state index contributed by atoms with van der Waals surface area (Å²) in [6, 6.07) is 8.45. The van der Waals surface area contributed by atoms with Crippen LogP contribution in [0.3, 0.4) is 0 Å². The number of aromatic nitrogens is 3. The summed E-state index contributed by atoms with van der Waals surface area (Å²) in [5.74, 6) is -1.60. The van der Waals surface area contributed by atoms with Crippen molar-refractivity contribution >= 4 is 27.7 Å². The summed E-state index contributed by atoms with van der Waals surface area (Å²) < 4.78 is 30.7. The van der Waals surface area contributed by atoms with Crippen LogP contribution >= 0.6 is 15.9 Å². The summed E-state index contributed by atoms with van der Waals surface area (Å²) in [7, 11) is 0. The van der Waals surface area contributed by atoms with Crippen LogP contribution in [0.5, 0.6) is 0 Å². The summed E-state index contributed by atoms with van der Waals surface area (Å²) in [5.41, 5.74) is 1.02. The molecule has 10 heteroatoms. The second-order valence-corrected chi connectivity index (χ2v) is 8.12. The maximum atomic E-state index is 13.0. The third-order valence-corrected chi connectivity index (χ3v) is 5.61. The highest BCUT2D eigenvalue weighted by Gasteiger charge is 2.45. The molecule has 0 N–H and O–H groups in total. The molecule has 0 saturated heterocycles. The Labute approximate surface area is 178 Å². The molecule has 1 aliphatic heterocycles. The van der Waals surface area contributed by atoms with Crippen LogP contribution in [0.15, 0.2) is 45.4 Å². The van der Waals surface area contributed by atoms with Crippen molar-refractivity contribution in [1.29, 1.82) is 0 Å². The third kappa shape index (κ3) is 3.30. The SMILES string of the molecule is CC1(C)C(=O)N(Cc2ccc(-c3nnc(C(F)F)o3)cn2)C(=O)c2c(Br)cccc21. The van der Waals surface area contributed by atoms with E-state index in [-0.39, 0.29) is 18.3 Å². The number of pyridine rings is 1. The minimum Gasteiger partial charge on any atom is -0.415 e. The van der Waals surface area contributed by atoms with Crippen LogP contribution in [0.2, 0.25) is 0 Å². The van der Waals surface area contributed by atoms with E-state index in [4.69, 9.17) is 4.42 Å². The van der Waals surface area contributed by atoms with E-state index in [1.54, 1.807) is 44.2 Å².